The Labute approximate surface area is 154 Å². The molecular weight excluding hydrogens is 394 g/mol. The van der Waals surface area contributed by atoms with Crippen molar-refractivity contribution in [3.8, 4) is 5.75 Å². The molecule has 126 valence electrons. The molecule has 0 radical (unpaired) electrons. The van der Waals surface area contributed by atoms with Gasteiger partial charge in [0.1, 0.15) is 5.75 Å². The van der Waals surface area contributed by atoms with Crippen LogP contribution in [0.1, 0.15) is 12.5 Å². The number of carbonyl (C=O) groups excluding carboxylic acids is 1. The molecule has 0 spiro atoms. The molecule has 2 aromatic rings. The Bertz CT molecular complexity index is 715. The number of carbonyl (C=O) groups is 1. The number of hydrogen-bond acceptors (Lipinski definition) is 4. The Hall–Kier alpha value is -1.85. The molecule has 0 aliphatic heterocycles. The van der Waals surface area contributed by atoms with E-state index in [1.807, 2.05) is 30.3 Å². The van der Waals surface area contributed by atoms with Gasteiger partial charge in [0.05, 0.1) is 25.1 Å². The second-order valence-corrected chi connectivity index (χ2v) is 7.03. The maximum Gasteiger partial charge on any atom is 0.344 e. The monoisotopic (exact) mass is 409 g/mol. The largest absolute Gasteiger partial charge is 0.497 e. The molecule has 0 amide bonds. The number of aliphatic imine (C=N–C) groups is 1. The summed E-state index contributed by atoms with van der Waals surface area (Å²) in [6, 6.07) is 16.4. The molecule has 0 fully saturated rings. The summed E-state index contributed by atoms with van der Waals surface area (Å²) in [6.45, 7) is 1.95. The number of methoxy groups -OCH3 is 1. The fraction of sp³-hybridized carbons (Fsp3) is 0.222. The first-order chi connectivity index (χ1) is 11.5. The van der Waals surface area contributed by atoms with E-state index in [-0.39, 0.29) is 6.61 Å². The van der Waals surface area contributed by atoms with Gasteiger partial charge in [-0.1, -0.05) is 41.9 Å². The highest BCUT2D eigenvalue weighted by Crippen LogP contribution is 2.33. The van der Waals surface area contributed by atoms with Crippen molar-refractivity contribution < 1.29 is 14.3 Å². The Morgan fingerprint density at radius 1 is 1.17 bits per heavy atom. The van der Waals surface area contributed by atoms with E-state index in [0.717, 1.165) is 5.75 Å². The van der Waals surface area contributed by atoms with Crippen LogP contribution in [-0.4, -0.2) is 29.2 Å². The highest BCUT2D eigenvalue weighted by molar-refractivity contribution is 9.11. The highest BCUT2D eigenvalue weighted by Gasteiger charge is 2.41. The van der Waals surface area contributed by atoms with Crippen LogP contribution in [-0.2, 0) is 9.53 Å². The summed E-state index contributed by atoms with van der Waals surface area (Å²) < 4.78 is 8.62. The first-order valence-electron chi connectivity index (χ1n) is 7.32. The van der Waals surface area contributed by atoms with Crippen LogP contribution in [0.15, 0.2) is 59.6 Å². The molecule has 0 bridgehead atoms. The van der Waals surface area contributed by atoms with E-state index in [0.29, 0.717) is 17.0 Å². The number of halogens is 2. The van der Waals surface area contributed by atoms with Crippen LogP contribution >= 0.6 is 27.5 Å². The third kappa shape index (κ3) is 4.36. The molecule has 2 aromatic carbocycles. The van der Waals surface area contributed by atoms with Gasteiger partial charge < -0.3 is 9.47 Å². The topological polar surface area (TPSA) is 47.9 Å². The molecule has 24 heavy (non-hydrogen) atoms. The van der Waals surface area contributed by atoms with Crippen LogP contribution < -0.4 is 4.74 Å². The fourth-order valence-electron chi connectivity index (χ4n) is 2.02. The molecule has 0 N–H and O–H groups in total. The molecule has 0 heterocycles. The lowest BCUT2D eigenvalue weighted by Crippen LogP contribution is -2.37. The zero-order chi connectivity index (χ0) is 17.6. The van der Waals surface area contributed by atoms with Crippen molar-refractivity contribution in [2.45, 2.75) is 10.7 Å². The van der Waals surface area contributed by atoms with Gasteiger partial charge in [-0.2, -0.15) is 0 Å². The van der Waals surface area contributed by atoms with Crippen molar-refractivity contribution in [1.82, 2.24) is 0 Å². The normalized spacial score (nSPS) is 13.9. The molecule has 0 aliphatic rings. The summed E-state index contributed by atoms with van der Waals surface area (Å²) in [4.78, 5) is 16.8. The van der Waals surface area contributed by atoms with Crippen LogP contribution in [0, 0.1) is 0 Å². The molecule has 0 saturated heterocycles. The van der Waals surface area contributed by atoms with E-state index in [4.69, 9.17) is 21.1 Å². The second kappa shape index (κ2) is 8.31. The fourth-order valence-corrected chi connectivity index (χ4v) is 2.65. The maximum absolute atomic E-state index is 12.3. The lowest BCUT2D eigenvalue weighted by Gasteiger charge is -2.21. The third-order valence-corrected chi connectivity index (χ3v) is 4.22. The average molecular weight is 411 g/mol. The first-order valence-corrected chi connectivity index (χ1v) is 8.49. The zero-order valence-electron chi connectivity index (χ0n) is 13.3. The van der Waals surface area contributed by atoms with E-state index in [1.165, 1.54) is 0 Å². The third-order valence-electron chi connectivity index (χ3n) is 3.19. The van der Waals surface area contributed by atoms with Crippen LogP contribution in [0.25, 0.3) is 0 Å². The quantitative estimate of drug-likeness (QED) is 0.394. The summed E-state index contributed by atoms with van der Waals surface area (Å²) in [5.41, 5.74) is 1.71. The predicted octanol–water partition coefficient (Wildman–Crippen LogP) is 4.71. The van der Waals surface area contributed by atoms with Gasteiger partial charge in [-0.05, 0) is 52.7 Å². The van der Waals surface area contributed by atoms with Crippen molar-refractivity contribution in [3.63, 3.8) is 0 Å². The Morgan fingerprint density at radius 2 is 1.79 bits per heavy atom. The number of ether oxygens (including phenoxy) is 2. The van der Waals surface area contributed by atoms with Crippen molar-refractivity contribution >= 4 is 44.9 Å². The second-order valence-electron chi connectivity index (χ2n) is 4.82. The molecule has 1 unspecified atom stereocenters. The maximum atomic E-state index is 12.3. The van der Waals surface area contributed by atoms with Crippen LogP contribution in [0.5, 0.6) is 5.75 Å². The van der Waals surface area contributed by atoms with Gasteiger partial charge in [-0.15, -0.1) is 0 Å². The average Bonchev–Trinajstić information content (AvgIpc) is 2.61. The Morgan fingerprint density at radius 3 is 2.33 bits per heavy atom. The lowest BCUT2D eigenvalue weighted by atomic mass is 10.1. The highest BCUT2D eigenvalue weighted by atomic mass is 79.9. The van der Waals surface area contributed by atoms with E-state index in [9.17, 15) is 4.79 Å². The van der Waals surface area contributed by atoms with Gasteiger partial charge in [0.25, 0.3) is 0 Å². The van der Waals surface area contributed by atoms with Gasteiger partial charge in [0, 0.05) is 0 Å². The van der Waals surface area contributed by atoms with Crippen molar-refractivity contribution in [1.29, 1.82) is 0 Å². The zero-order valence-corrected chi connectivity index (χ0v) is 15.7. The van der Waals surface area contributed by atoms with Gasteiger partial charge in [-0.3, -0.25) is 0 Å². The number of nitrogens with zero attached hydrogens (tertiary/aromatic N) is 1. The first kappa shape index (κ1) is 18.5. The van der Waals surface area contributed by atoms with Gasteiger partial charge in [-0.25, -0.2) is 9.79 Å². The van der Waals surface area contributed by atoms with Gasteiger partial charge >= 0.3 is 5.97 Å². The Kier molecular flexibility index (Phi) is 6.40. The summed E-state index contributed by atoms with van der Waals surface area (Å²) >= 11 is 9.73. The van der Waals surface area contributed by atoms with Crippen molar-refractivity contribution in [2.75, 3.05) is 13.7 Å². The van der Waals surface area contributed by atoms with E-state index < -0.39 is 9.75 Å². The van der Waals surface area contributed by atoms with Crippen LogP contribution in [0.2, 0.25) is 0 Å². The molecule has 0 aromatic heterocycles. The summed E-state index contributed by atoms with van der Waals surface area (Å²) in [5.74, 6) is 0.111. The van der Waals surface area contributed by atoms with Gasteiger partial charge in [0.15, 0.2) is 0 Å². The standard InChI is InChI=1S/C18H17BrClNO3/c1-3-24-17(22)18(19,20)16(13-7-5-4-6-8-13)21-14-9-11-15(23-2)12-10-14/h4-12H,3H2,1-2H3. The Balaban J connectivity index is 2.50. The number of hydrogen-bond donors (Lipinski definition) is 0. The SMILES string of the molecule is CCOC(=O)C(Cl)(Br)C(=Nc1ccc(OC)cc1)c1ccccc1. The lowest BCUT2D eigenvalue weighted by molar-refractivity contribution is -0.141. The van der Waals surface area contributed by atoms with Gasteiger partial charge in [0.2, 0.25) is 3.78 Å². The van der Waals surface area contributed by atoms with Crippen LogP contribution in [0.4, 0.5) is 5.69 Å². The molecular formula is C18H17BrClNO3. The molecule has 4 nitrogen and oxygen atoms in total. The van der Waals surface area contributed by atoms with E-state index >= 15 is 0 Å². The smallest absolute Gasteiger partial charge is 0.344 e. The van der Waals surface area contributed by atoms with Crippen LogP contribution in [0.3, 0.4) is 0 Å². The number of esters is 1. The number of alkyl halides is 2. The molecule has 0 aliphatic carbocycles. The minimum Gasteiger partial charge on any atom is -0.497 e. The van der Waals surface area contributed by atoms with Crippen molar-refractivity contribution in [3.05, 3.63) is 60.2 Å². The molecule has 6 heteroatoms. The van der Waals surface area contributed by atoms with E-state index in [2.05, 4.69) is 20.9 Å². The molecule has 2 rings (SSSR count). The molecule has 1 atom stereocenters. The molecule has 0 saturated carbocycles. The summed E-state index contributed by atoms with van der Waals surface area (Å²) in [7, 11) is 1.59. The number of benzene rings is 2. The summed E-state index contributed by atoms with van der Waals surface area (Å²) in [6.07, 6.45) is 0. The number of rotatable bonds is 6. The summed E-state index contributed by atoms with van der Waals surface area (Å²) in [5, 5.41) is 0. The predicted molar refractivity (Wildman–Crippen MR) is 99.8 cm³/mol. The van der Waals surface area contributed by atoms with E-state index in [1.54, 1.807) is 38.3 Å². The minimum absolute atomic E-state index is 0.226. The van der Waals surface area contributed by atoms with Crippen molar-refractivity contribution in [2.24, 2.45) is 4.99 Å². The minimum atomic E-state index is -1.58.